The minimum absolute atomic E-state index is 0.0131. The number of phenols is 2. The van der Waals surface area contributed by atoms with Crippen LogP contribution in [0.2, 0.25) is 5.02 Å². The van der Waals surface area contributed by atoms with Crippen molar-refractivity contribution in [1.82, 2.24) is 9.80 Å². The van der Waals surface area contributed by atoms with Crippen LogP contribution in [0.4, 0.5) is 4.79 Å². The summed E-state index contributed by atoms with van der Waals surface area (Å²) in [6.07, 6.45) is 1.70. The Morgan fingerprint density at radius 2 is 1.77 bits per heavy atom. The fourth-order valence-corrected chi connectivity index (χ4v) is 4.29. The summed E-state index contributed by atoms with van der Waals surface area (Å²) in [5.74, 6) is -1.69. The molecule has 1 aromatic rings. The van der Waals surface area contributed by atoms with E-state index in [2.05, 4.69) is 4.90 Å². The van der Waals surface area contributed by atoms with Gasteiger partial charge in [0.15, 0.2) is 5.78 Å². The second-order valence-electron chi connectivity index (χ2n) is 9.21. The van der Waals surface area contributed by atoms with E-state index < -0.39 is 11.5 Å². The number of hydrogen-bond acceptors (Lipinski definition) is 7. The number of hydrogen-bond donors (Lipinski definition) is 3. The predicted molar refractivity (Wildman–Crippen MR) is 117 cm³/mol. The van der Waals surface area contributed by atoms with Gasteiger partial charge in [-0.25, -0.2) is 4.79 Å². The number of benzene rings is 1. The molecule has 0 saturated carbocycles. The molecule has 31 heavy (non-hydrogen) atoms. The van der Waals surface area contributed by atoms with Crippen LogP contribution in [0.5, 0.6) is 11.5 Å². The van der Waals surface area contributed by atoms with Crippen LogP contribution in [0.25, 0.3) is 0 Å². The van der Waals surface area contributed by atoms with E-state index in [-0.39, 0.29) is 40.0 Å². The van der Waals surface area contributed by atoms with E-state index in [4.69, 9.17) is 21.7 Å². The van der Waals surface area contributed by atoms with Crippen LogP contribution in [-0.4, -0.2) is 75.4 Å². The highest BCUT2D eigenvalue weighted by atomic mass is 35.5. The molecule has 3 rings (SSSR count). The van der Waals surface area contributed by atoms with Gasteiger partial charge in [-0.15, -0.1) is 0 Å². The number of Topliss-reactive ketones (excluding diaryl/α,β-unsaturated/α-hetero) is 1. The molecule has 1 aromatic carbocycles. The molecule has 170 valence electrons. The molecule has 0 radical (unpaired) electrons. The number of carbonyl (C=O) groups is 2. The number of carbonyl (C=O) groups excluding carboxylic acids is 2. The molecule has 3 N–H and O–H groups in total. The van der Waals surface area contributed by atoms with Crippen molar-refractivity contribution in [2.75, 3.05) is 26.2 Å². The zero-order chi connectivity index (χ0) is 22.9. The van der Waals surface area contributed by atoms with Gasteiger partial charge in [0, 0.05) is 44.0 Å². The minimum atomic E-state index is -0.677. The summed E-state index contributed by atoms with van der Waals surface area (Å²) in [4.78, 5) is 29.3. The summed E-state index contributed by atoms with van der Waals surface area (Å²) in [5, 5.41) is 28.0. The number of phenolic OH excluding ortho intramolecular Hbond substituents is 2. The first-order valence-corrected chi connectivity index (χ1v) is 10.9. The third-order valence-electron chi connectivity index (χ3n) is 5.79. The summed E-state index contributed by atoms with van der Waals surface area (Å²) >= 11 is 5.92. The molecule has 1 amide bonds. The van der Waals surface area contributed by atoms with Crippen LogP contribution < -0.4 is 0 Å². The van der Waals surface area contributed by atoms with Gasteiger partial charge >= 0.3 is 6.09 Å². The summed E-state index contributed by atoms with van der Waals surface area (Å²) in [6, 6.07) is 2.51. The Kier molecular flexibility index (Phi) is 6.81. The van der Waals surface area contributed by atoms with E-state index in [1.165, 1.54) is 6.07 Å². The lowest BCUT2D eigenvalue weighted by Crippen LogP contribution is -2.53. The van der Waals surface area contributed by atoms with Gasteiger partial charge in [-0.3, -0.25) is 9.69 Å². The average molecular weight is 452 g/mol. The van der Waals surface area contributed by atoms with Gasteiger partial charge in [-0.1, -0.05) is 11.6 Å². The van der Waals surface area contributed by atoms with Crippen molar-refractivity contribution in [3.8, 4) is 11.5 Å². The van der Waals surface area contributed by atoms with Gasteiger partial charge in [-0.05, 0) is 46.1 Å². The van der Waals surface area contributed by atoms with E-state index in [0.717, 1.165) is 18.9 Å². The molecule has 2 saturated heterocycles. The van der Waals surface area contributed by atoms with Crippen molar-refractivity contribution in [2.45, 2.75) is 51.7 Å². The third-order valence-corrected chi connectivity index (χ3v) is 6.09. The lowest BCUT2D eigenvalue weighted by molar-refractivity contribution is 0.0136. The van der Waals surface area contributed by atoms with Crippen LogP contribution in [0.3, 0.4) is 0 Å². The van der Waals surface area contributed by atoms with E-state index in [1.807, 2.05) is 20.8 Å². The number of nitrogens with one attached hydrogen (secondary N) is 1. The smallest absolute Gasteiger partial charge is 0.410 e. The first-order valence-electron chi connectivity index (χ1n) is 10.5. The first kappa shape index (κ1) is 23.3. The molecule has 0 aromatic heterocycles. The van der Waals surface area contributed by atoms with Gasteiger partial charge in [-0.2, -0.15) is 0 Å². The highest BCUT2D eigenvalue weighted by Crippen LogP contribution is 2.34. The summed E-state index contributed by atoms with van der Waals surface area (Å²) in [5.41, 5.74) is -0.188. The molecule has 0 aliphatic carbocycles. The van der Waals surface area contributed by atoms with E-state index >= 15 is 0 Å². The molecular formula is C22H30ClN3O5. The first-order chi connectivity index (χ1) is 14.5. The molecule has 2 heterocycles. The molecule has 0 bridgehead atoms. The molecule has 8 nitrogen and oxygen atoms in total. The average Bonchev–Trinajstić information content (AvgIpc) is 2.69. The number of amides is 1. The lowest BCUT2D eigenvalue weighted by atomic mass is 9.86. The zero-order valence-electron chi connectivity index (χ0n) is 18.2. The summed E-state index contributed by atoms with van der Waals surface area (Å²) < 4.78 is 5.45. The van der Waals surface area contributed by atoms with E-state index in [0.29, 0.717) is 38.3 Å². The molecule has 1 unspecified atom stereocenters. The van der Waals surface area contributed by atoms with Crippen molar-refractivity contribution in [3.63, 3.8) is 0 Å². The number of likely N-dealkylation sites (tertiary alicyclic amines) is 2. The molecule has 2 fully saturated rings. The lowest BCUT2D eigenvalue weighted by Gasteiger charge is -2.42. The fourth-order valence-electron chi connectivity index (χ4n) is 4.12. The maximum atomic E-state index is 13.1. The number of aromatic hydroxyl groups is 2. The van der Waals surface area contributed by atoms with Crippen LogP contribution in [-0.2, 0) is 4.74 Å². The standard InChI is InChI=1S/C22H30ClN3O5/c1-22(2,3)31-21(30)25-7-4-13(5-8-25)26-9-6-17(24)15(12-26)20(29)14-10-16(23)19(28)11-18(14)27/h10-11,13,15,24,27-28H,4-9,12H2,1-3H3. The Balaban J connectivity index is 1.64. The van der Waals surface area contributed by atoms with Gasteiger partial charge in [0.2, 0.25) is 0 Å². The van der Waals surface area contributed by atoms with Crippen LogP contribution in [0, 0.1) is 11.3 Å². The predicted octanol–water partition coefficient (Wildman–Crippen LogP) is 3.68. The Hall–Kier alpha value is -2.32. The van der Waals surface area contributed by atoms with Gasteiger partial charge in [0.1, 0.15) is 17.1 Å². The Bertz CT molecular complexity index is 875. The maximum absolute atomic E-state index is 13.1. The van der Waals surface area contributed by atoms with Gasteiger partial charge < -0.3 is 25.3 Å². The molecule has 2 aliphatic heterocycles. The van der Waals surface area contributed by atoms with E-state index in [9.17, 15) is 19.8 Å². The van der Waals surface area contributed by atoms with Gasteiger partial charge in [0.25, 0.3) is 0 Å². The van der Waals surface area contributed by atoms with Crippen LogP contribution >= 0.6 is 11.6 Å². The second kappa shape index (κ2) is 9.04. The Morgan fingerprint density at radius 1 is 1.13 bits per heavy atom. The SMILES string of the molecule is CC(C)(C)OC(=O)N1CCC(N2CCC(=N)C(C(=O)c3cc(Cl)c(O)cc3O)C2)CC1. The molecular weight excluding hydrogens is 422 g/mol. The quantitative estimate of drug-likeness (QED) is 0.604. The fraction of sp³-hybridized carbons (Fsp3) is 0.591. The number of ether oxygens (including phenoxy) is 1. The highest BCUT2D eigenvalue weighted by molar-refractivity contribution is 6.32. The number of piperidine rings is 2. The third kappa shape index (κ3) is 5.49. The largest absolute Gasteiger partial charge is 0.507 e. The maximum Gasteiger partial charge on any atom is 0.410 e. The summed E-state index contributed by atoms with van der Waals surface area (Å²) in [6.45, 7) is 7.76. The molecule has 9 heteroatoms. The second-order valence-corrected chi connectivity index (χ2v) is 9.61. The van der Waals surface area contributed by atoms with E-state index in [1.54, 1.807) is 4.90 Å². The van der Waals surface area contributed by atoms with Gasteiger partial charge in [0.05, 0.1) is 16.5 Å². The molecule has 2 aliphatic rings. The molecule has 0 spiro atoms. The number of ketones is 1. The highest BCUT2D eigenvalue weighted by Gasteiger charge is 2.37. The van der Waals surface area contributed by atoms with Crippen molar-refractivity contribution < 1.29 is 24.5 Å². The normalized spacial score (nSPS) is 21.2. The minimum Gasteiger partial charge on any atom is -0.507 e. The van der Waals surface area contributed by atoms with Crippen molar-refractivity contribution in [3.05, 3.63) is 22.7 Å². The number of nitrogens with zero attached hydrogens (tertiary/aromatic N) is 2. The number of halogens is 1. The Labute approximate surface area is 187 Å². The zero-order valence-corrected chi connectivity index (χ0v) is 18.9. The van der Waals surface area contributed by atoms with Crippen molar-refractivity contribution in [2.24, 2.45) is 5.92 Å². The van der Waals surface area contributed by atoms with Crippen molar-refractivity contribution >= 4 is 29.2 Å². The van der Waals surface area contributed by atoms with Crippen LogP contribution in [0.15, 0.2) is 12.1 Å². The number of rotatable bonds is 3. The summed E-state index contributed by atoms with van der Waals surface area (Å²) in [7, 11) is 0. The molecule has 1 atom stereocenters. The monoisotopic (exact) mass is 451 g/mol. The Morgan fingerprint density at radius 3 is 2.39 bits per heavy atom. The topological polar surface area (TPSA) is 114 Å². The van der Waals surface area contributed by atoms with Crippen LogP contribution in [0.1, 0.15) is 50.4 Å². The van der Waals surface area contributed by atoms with Crippen molar-refractivity contribution in [1.29, 1.82) is 5.41 Å².